The number of nitrogens with two attached hydrogens (primary N) is 1. The minimum atomic E-state index is 0.218. The van der Waals surface area contributed by atoms with Gasteiger partial charge in [-0.1, -0.05) is 13.8 Å². The molecule has 82 valence electrons. The first-order chi connectivity index (χ1) is 6.54. The summed E-state index contributed by atoms with van der Waals surface area (Å²) in [7, 11) is 2.09. The first kappa shape index (κ1) is 10.4. The van der Waals surface area contributed by atoms with Crippen molar-refractivity contribution in [3.63, 3.8) is 0 Å². The first-order valence-corrected chi connectivity index (χ1v) is 6.01. The van der Waals surface area contributed by atoms with Crippen molar-refractivity contribution in [1.29, 1.82) is 0 Å². The van der Waals surface area contributed by atoms with Crippen LogP contribution in [0.3, 0.4) is 0 Å². The van der Waals surface area contributed by atoms with Crippen LogP contribution in [-0.2, 0) is 0 Å². The molecule has 0 radical (unpaired) electrons. The second-order valence-corrected chi connectivity index (χ2v) is 5.70. The van der Waals surface area contributed by atoms with E-state index in [1.807, 2.05) is 0 Å². The van der Waals surface area contributed by atoms with Crippen LogP contribution in [0.1, 0.15) is 46.0 Å². The molecular formula is C12H24N2. The Kier molecular flexibility index (Phi) is 2.39. The fraction of sp³-hybridized carbons (Fsp3) is 1.00. The summed E-state index contributed by atoms with van der Waals surface area (Å²) in [5, 5.41) is 3.45. The molecule has 0 bridgehead atoms. The van der Waals surface area contributed by atoms with Crippen molar-refractivity contribution in [3.05, 3.63) is 0 Å². The van der Waals surface area contributed by atoms with Gasteiger partial charge in [-0.25, -0.2) is 0 Å². The van der Waals surface area contributed by atoms with E-state index in [9.17, 15) is 0 Å². The molecule has 2 aliphatic carbocycles. The lowest BCUT2D eigenvalue weighted by Crippen LogP contribution is -2.42. The Morgan fingerprint density at radius 1 is 1.57 bits per heavy atom. The highest BCUT2D eigenvalue weighted by molar-refractivity contribution is 5.20. The van der Waals surface area contributed by atoms with E-state index >= 15 is 0 Å². The first-order valence-electron chi connectivity index (χ1n) is 6.01. The zero-order chi connectivity index (χ0) is 10.4. The van der Waals surface area contributed by atoms with Crippen molar-refractivity contribution in [3.8, 4) is 0 Å². The molecule has 0 aromatic carbocycles. The Hall–Kier alpha value is -0.0800. The molecule has 3 N–H and O–H groups in total. The lowest BCUT2D eigenvalue weighted by molar-refractivity contribution is 0.200. The van der Waals surface area contributed by atoms with Crippen molar-refractivity contribution in [2.24, 2.45) is 17.1 Å². The summed E-state index contributed by atoms with van der Waals surface area (Å²) in [4.78, 5) is 0. The fourth-order valence-electron chi connectivity index (χ4n) is 3.56. The minimum Gasteiger partial charge on any atom is -0.325 e. The molecule has 2 rings (SSSR count). The molecule has 0 aliphatic heterocycles. The van der Waals surface area contributed by atoms with E-state index in [0.717, 1.165) is 5.92 Å². The third kappa shape index (κ3) is 1.40. The monoisotopic (exact) mass is 196 g/mol. The van der Waals surface area contributed by atoms with E-state index in [1.165, 1.54) is 32.1 Å². The summed E-state index contributed by atoms with van der Waals surface area (Å²) in [6.45, 7) is 4.66. The third-order valence-corrected chi connectivity index (χ3v) is 4.84. The van der Waals surface area contributed by atoms with Crippen LogP contribution in [0.25, 0.3) is 0 Å². The highest BCUT2D eigenvalue weighted by atomic mass is 14.9. The number of nitrogens with one attached hydrogen (secondary N) is 1. The van der Waals surface area contributed by atoms with Gasteiger partial charge in [0.25, 0.3) is 0 Å². The van der Waals surface area contributed by atoms with Gasteiger partial charge in [-0.05, 0) is 50.5 Å². The van der Waals surface area contributed by atoms with E-state index in [4.69, 9.17) is 5.73 Å². The predicted octanol–water partition coefficient (Wildman–Crippen LogP) is 1.89. The van der Waals surface area contributed by atoms with Crippen molar-refractivity contribution in [2.45, 2.75) is 57.5 Å². The van der Waals surface area contributed by atoms with Crippen LogP contribution in [-0.4, -0.2) is 18.6 Å². The van der Waals surface area contributed by atoms with Gasteiger partial charge in [0.2, 0.25) is 0 Å². The molecule has 2 saturated carbocycles. The topological polar surface area (TPSA) is 38.0 Å². The quantitative estimate of drug-likeness (QED) is 0.723. The van der Waals surface area contributed by atoms with Crippen LogP contribution in [0.15, 0.2) is 0 Å². The van der Waals surface area contributed by atoms with Crippen molar-refractivity contribution in [1.82, 2.24) is 5.32 Å². The summed E-state index contributed by atoms with van der Waals surface area (Å²) in [5.74, 6) is 0.856. The average Bonchev–Trinajstić information content (AvgIpc) is 2.70. The van der Waals surface area contributed by atoms with Crippen LogP contribution in [0.5, 0.6) is 0 Å². The molecule has 0 aromatic rings. The molecule has 4 atom stereocenters. The maximum Gasteiger partial charge on any atom is 0.0215 e. The fourth-order valence-corrected chi connectivity index (χ4v) is 3.56. The van der Waals surface area contributed by atoms with Crippen LogP contribution in [0.2, 0.25) is 0 Å². The molecule has 2 nitrogen and oxygen atoms in total. The van der Waals surface area contributed by atoms with Crippen LogP contribution in [0, 0.1) is 11.3 Å². The van der Waals surface area contributed by atoms with Gasteiger partial charge in [-0.15, -0.1) is 0 Å². The summed E-state index contributed by atoms with van der Waals surface area (Å²) >= 11 is 0. The summed E-state index contributed by atoms with van der Waals surface area (Å²) in [6.07, 6.45) is 6.41. The van der Waals surface area contributed by atoms with Gasteiger partial charge in [0, 0.05) is 11.6 Å². The molecule has 0 heterocycles. The van der Waals surface area contributed by atoms with Gasteiger partial charge in [0.05, 0.1) is 0 Å². The van der Waals surface area contributed by atoms with Gasteiger partial charge < -0.3 is 11.1 Å². The molecule has 2 heteroatoms. The van der Waals surface area contributed by atoms with Crippen molar-refractivity contribution in [2.75, 3.05) is 7.05 Å². The Balaban J connectivity index is 1.99. The van der Waals surface area contributed by atoms with E-state index in [0.29, 0.717) is 11.5 Å². The van der Waals surface area contributed by atoms with E-state index in [1.54, 1.807) is 0 Å². The normalized spacial score (nSPS) is 48.4. The summed E-state index contributed by atoms with van der Waals surface area (Å²) in [6, 6.07) is 0.706. The van der Waals surface area contributed by atoms with E-state index in [-0.39, 0.29) is 5.54 Å². The zero-order valence-corrected chi connectivity index (χ0v) is 9.77. The molecule has 14 heavy (non-hydrogen) atoms. The Morgan fingerprint density at radius 3 is 2.79 bits per heavy atom. The second-order valence-electron chi connectivity index (χ2n) is 5.70. The van der Waals surface area contributed by atoms with Gasteiger partial charge in [-0.2, -0.15) is 0 Å². The highest BCUT2D eigenvalue weighted by Gasteiger charge is 2.64. The molecule has 2 fully saturated rings. The molecule has 4 unspecified atom stereocenters. The molecule has 0 saturated heterocycles. The van der Waals surface area contributed by atoms with Gasteiger partial charge in [-0.3, -0.25) is 0 Å². The Bertz CT molecular complexity index is 224. The highest BCUT2D eigenvalue weighted by Crippen LogP contribution is 2.64. The maximum atomic E-state index is 6.31. The lowest BCUT2D eigenvalue weighted by Gasteiger charge is -2.35. The number of rotatable bonds is 3. The number of hydrogen-bond donors (Lipinski definition) is 2. The number of hydrogen-bond acceptors (Lipinski definition) is 2. The summed E-state index contributed by atoms with van der Waals surface area (Å²) in [5.41, 5.74) is 7.00. The molecular weight excluding hydrogens is 172 g/mol. The van der Waals surface area contributed by atoms with E-state index in [2.05, 4.69) is 26.2 Å². The Morgan fingerprint density at radius 2 is 2.29 bits per heavy atom. The van der Waals surface area contributed by atoms with Crippen LogP contribution < -0.4 is 11.1 Å². The third-order valence-electron chi connectivity index (χ3n) is 4.84. The van der Waals surface area contributed by atoms with Crippen molar-refractivity contribution >= 4 is 0 Å². The molecule has 2 aliphatic rings. The second kappa shape index (κ2) is 3.21. The maximum absolute atomic E-state index is 6.31. The number of fused-ring (bicyclic) bond motifs is 1. The van der Waals surface area contributed by atoms with Crippen molar-refractivity contribution < 1.29 is 0 Å². The van der Waals surface area contributed by atoms with Crippen LogP contribution >= 0.6 is 0 Å². The minimum absolute atomic E-state index is 0.218. The Labute approximate surface area is 87.6 Å². The van der Waals surface area contributed by atoms with Gasteiger partial charge in [0.1, 0.15) is 0 Å². The lowest BCUT2D eigenvalue weighted by atomic mass is 9.75. The van der Waals surface area contributed by atoms with Crippen LogP contribution in [0.4, 0.5) is 0 Å². The van der Waals surface area contributed by atoms with E-state index < -0.39 is 0 Å². The molecule has 0 amide bonds. The predicted molar refractivity (Wildman–Crippen MR) is 60.1 cm³/mol. The standard InChI is InChI=1S/C12H24N2/c1-4-10(14-3)9-5-6-12(13)8-11(12,2)7-9/h9-10,14H,4-8,13H2,1-3H3. The van der Waals surface area contributed by atoms with Gasteiger partial charge in [0.15, 0.2) is 0 Å². The smallest absolute Gasteiger partial charge is 0.0215 e. The average molecular weight is 196 g/mol. The zero-order valence-electron chi connectivity index (χ0n) is 9.77. The largest absolute Gasteiger partial charge is 0.325 e. The van der Waals surface area contributed by atoms with Gasteiger partial charge >= 0.3 is 0 Å². The SMILES string of the molecule is CCC(NC)C1CCC2(N)CC2(C)C1. The molecule has 0 spiro atoms. The molecule has 0 aromatic heterocycles. The summed E-state index contributed by atoms with van der Waals surface area (Å²) < 4.78 is 0.